The molecule has 0 fully saturated rings. The molecule has 0 amide bonds. The fourth-order valence-corrected chi connectivity index (χ4v) is 2.76. The summed E-state index contributed by atoms with van der Waals surface area (Å²) in [6.07, 6.45) is 1.36. The second kappa shape index (κ2) is 5.64. The highest BCUT2D eigenvalue weighted by Crippen LogP contribution is 2.26. The number of nitrogens with one attached hydrogen (secondary N) is 1. The van der Waals surface area contributed by atoms with E-state index in [4.69, 9.17) is 12.2 Å². The molecule has 18 heavy (non-hydrogen) atoms. The molecule has 1 N–H and O–H groups in total. The van der Waals surface area contributed by atoms with Crippen molar-refractivity contribution in [3.63, 3.8) is 0 Å². The second-order valence-corrected chi connectivity index (χ2v) is 5.70. The molecule has 7 heteroatoms. The number of aromatic amines is 1. The first kappa shape index (κ1) is 13.3. The maximum atomic E-state index is 10.3. The molecular formula is C11H13N2O3S2-. The molecule has 98 valence electrons. The maximum Gasteiger partial charge on any atom is 0.252 e. The van der Waals surface area contributed by atoms with Crippen molar-refractivity contribution in [2.45, 2.75) is 12.5 Å². The molecule has 0 saturated heterocycles. The quantitative estimate of drug-likeness (QED) is 0.669. The van der Waals surface area contributed by atoms with Crippen LogP contribution in [0.4, 0.5) is 4.79 Å². The van der Waals surface area contributed by atoms with Crippen LogP contribution in [0.1, 0.15) is 12.1 Å². The molecule has 1 aromatic heterocycles. The number of hydrogen-bond donors (Lipinski definition) is 1. The number of likely N-dealkylation sites (N-methyl/N-ethyl adjacent to an activating group) is 1. The van der Waals surface area contributed by atoms with Gasteiger partial charge in [0.05, 0.1) is 5.69 Å². The highest BCUT2D eigenvalue weighted by atomic mass is 32.1. The van der Waals surface area contributed by atoms with Gasteiger partial charge in [0.15, 0.2) is 3.95 Å². The Bertz CT molecular complexity index is 520. The van der Waals surface area contributed by atoms with E-state index in [-0.39, 0.29) is 12.6 Å². The summed E-state index contributed by atoms with van der Waals surface area (Å²) >= 11 is 6.54. The zero-order chi connectivity index (χ0) is 13.1. The number of carbonyl (C=O) groups is 1. The second-order valence-electron chi connectivity index (χ2n) is 4.15. The van der Waals surface area contributed by atoms with E-state index in [9.17, 15) is 9.90 Å². The monoisotopic (exact) mass is 285 g/mol. The Hall–Kier alpha value is -1.18. The van der Waals surface area contributed by atoms with E-state index in [1.807, 2.05) is 17.3 Å². The van der Waals surface area contributed by atoms with Gasteiger partial charge < -0.3 is 19.6 Å². The van der Waals surface area contributed by atoms with Crippen LogP contribution in [0.3, 0.4) is 0 Å². The molecular weight excluding hydrogens is 272 g/mol. The van der Waals surface area contributed by atoms with Crippen LogP contribution < -0.4 is 5.11 Å². The average molecular weight is 285 g/mol. The van der Waals surface area contributed by atoms with Crippen molar-refractivity contribution in [3.8, 4) is 0 Å². The molecule has 1 aromatic rings. The highest BCUT2D eigenvalue weighted by Gasteiger charge is 2.21. The summed E-state index contributed by atoms with van der Waals surface area (Å²) in [4.78, 5) is 15.5. The van der Waals surface area contributed by atoms with E-state index in [0.717, 1.165) is 28.2 Å². The minimum Gasteiger partial charge on any atom is -0.548 e. The minimum atomic E-state index is -1.48. The predicted molar refractivity (Wildman–Crippen MR) is 69.9 cm³/mol. The van der Waals surface area contributed by atoms with Crippen molar-refractivity contribution >= 4 is 35.3 Å². The van der Waals surface area contributed by atoms with Crippen molar-refractivity contribution in [2.24, 2.45) is 0 Å². The number of H-pyrrole nitrogens is 1. The fourth-order valence-electron chi connectivity index (χ4n) is 1.90. The Labute approximate surface area is 114 Å². The van der Waals surface area contributed by atoms with Crippen LogP contribution in [-0.4, -0.2) is 42.3 Å². The first-order valence-electron chi connectivity index (χ1n) is 5.47. The number of aromatic nitrogens is 1. The molecule has 0 radical (unpaired) electrons. The van der Waals surface area contributed by atoms with Gasteiger partial charge in [0.2, 0.25) is 0 Å². The molecule has 1 atom stereocenters. The van der Waals surface area contributed by atoms with Crippen molar-refractivity contribution in [2.75, 3.05) is 20.2 Å². The Morgan fingerprint density at radius 2 is 2.56 bits per heavy atom. The van der Waals surface area contributed by atoms with Crippen LogP contribution >= 0.6 is 23.6 Å². The predicted octanol–water partition coefficient (Wildman–Crippen LogP) is 1.25. The van der Waals surface area contributed by atoms with Crippen LogP contribution in [0.2, 0.25) is 0 Å². The zero-order valence-corrected chi connectivity index (χ0v) is 11.5. The van der Waals surface area contributed by atoms with E-state index < -0.39 is 6.16 Å². The summed E-state index contributed by atoms with van der Waals surface area (Å²) in [6, 6.07) is 0.0322. The van der Waals surface area contributed by atoms with E-state index in [0.29, 0.717) is 0 Å². The van der Waals surface area contributed by atoms with Gasteiger partial charge in [-0.2, -0.15) is 0 Å². The van der Waals surface area contributed by atoms with Crippen molar-refractivity contribution in [1.82, 2.24) is 9.88 Å². The highest BCUT2D eigenvalue weighted by molar-refractivity contribution is 7.73. The largest absolute Gasteiger partial charge is 0.548 e. The lowest BCUT2D eigenvalue weighted by Crippen LogP contribution is -2.40. The molecule has 0 aliphatic carbocycles. The van der Waals surface area contributed by atoms with E-state index in [2.05, 4.69) is 15.8 Å². The summed E-state index contributed by atoms with van der Waals surface area (Å²) in [5, 5.41) is 12.3. The van der Waals surface area contributed by atoms with Gasteiger partial charge in [-0.05, 0) is 31.3 Å². The van der Waals surface area contributed by atoms with Crippen molar-refractivity contribution in [1.29, 1.82) is 0 Å². The molecule has 1 unspecified atom stereocenters. The third kappa shape index (κ3) is 3.18. The molecule has 5 nitrogen and oxygen atoms in total. The number of carboxylic acid groups (broad SMARTS) is 1. The lowest BCUT2D eigenvalue weighted by Gasteiger charge is -2.33. The van der Waals surface area contributed by atoms with Crippen LogP contribution in [-0.2, 0) is 4.74 Å². The van der Waals surface area contributed by atoms with Gasteiger partial charge in [-0.3, -0.25) is 4.90 Å². The Balaban J connectivity index is 2.06. The van der Waals surface area contributed by atoms with Gasteiger partial charge >= 0.3 is 0 Å². The third-order valence-corrected chi connectivity index (χ3v) is 4.03. The van der Waals surface area contributed by atoms with Gasteiger partial charge in [-0.15, -0.1) is 11.3 Å². The lowest BCUT2D eigenvalue weighted by molar-refractivity contribution is -0.283. The van der Waals surface area contributed by atoms with Crippen LogP contribution in [0.25, 0.3) is 5.57 Å². The van der Waals surface area contributed by atoms with Gasteiger partial charge in [-0.1, -0.05) is 6.08 Å². The average Bonchev–Trinajstić information content (AvgIpc) is 2.74. The molecule has 0 spiro atoms. The SMILES string of the molecule is CN1CC=C(c2csc(=S)[nH]2)CC1COC(=O)[O-]. The molecule has 0 aromatic carbocycles. The summed E-state index contributed by atoms with van der Waals surface area (Å²) < 4.78 is 5.29. The van der Waals surface area contributed by atoms with Crippen molar-refractivity contribution in [3.05, 3.63) is 21.1 Å². The van der Waals surface area contributed by atoms with Crippen LogP contribution in [0, 0.1) is 3.95 Å². The number of hydrogen-bond acceptors (Lipinski definition) is 6. The number of rotatable bonds is 3. The molecule has 1 aliphatic rings. The smallest absolute Gasteiger partial charge is 0.252 e. The Kier molecular flexibility index (Phi) is 4.15. The first-order valence-corrected chi connectivity index (χ1v) is 6.76. The number of carbonyl (C=O) groups excluding carboxylic acids is 1. The summed E-state index contributed by atoms with van der Waals surface area (Å²) in [7, 11) is 1.94. The van der Waals surface area contributed by atoms with E-state index >= 15 is 0 Å². The molecule has 2 heterocycles. The van der Waals surface area contributed by atoms with Crippen LogP contribution in [0.5, 0.6) is 0 Å². The third-order valence-electron chi connectivity index (χ3n) is 2.96. The summed E-state index contributed by atoms with van der Waals surface area (Å²) in [6.45, 7) is 0.883. The molecule has 1 aliphatic heterocycles. The number of thiazole rings is 1. The summed E-state index contributed by atoms with van der Waals surface area (Å²) in [5.74, 6) is 0. The van der Waals surface area contributed by atoms with E-state index in [1.165, 1.54) is 11.3 Å². The standard InChI is InChI=1S/C11H14N2O3S2/c1-13-3-2-7(9-6-18-10(17)12-9)4-8(13)5-16-11(14)15/h2,6,8H,3-5H2,1H3,(H,12,17)(H,14,15)/p-1. The summed E-state index contributed by atoms with van der Waals surface area (Å²) in [5.41, 5.74) is 2.16. The molecule has 2 rings (SSSR count). The Morgan fingerprint density at radius 3 is 3.17 bits per heavy atom. The zero-order valence-electron chi connectivity index (χ0n) is 9.84. The van der Waals surface area contributed by atoms with Gasteiger partial charge in [0.1, 0.15) is 0 Å². The van der Waals surface area contributed by atoms with Gasteiger partial charge in [0, 0.05) is 24.6 Å². The maximum absolute atomic E-state index is 10.3. The number of nitrogens with zero attached hydrogens (tertiary/aromatic N) is 1. The van der Waals surface area contributed by atoms with Gasteiger partial charge in [-0.25, -0.2) is 0 Å². The van der Waals surface area contributed by atoms with E-state index in [1.54, 1.807) is 0 Å². The fraction of sp³-hybridized carbons (Fsp3) is 0.455. The van der Waals surface area contributed by atoms with Crippen LogP contribution in [0.15, 0.2) is 11.5 Å². The Morgan fingerprint density at radius 1 is 1.78 bits per heavy atom. The topological polar surface area (TPSA) is 68.4 Å². The normalized spacial score (nSPS) is 20.5. The lowest BCUT2D eigenvalue weighted by atomic mass is 9.99. The molecule has 0 saturated carbocycles. The minimum absolute atomic E-state index is 0.0322. The first-order chi connectivity index (χ1) is 8.56. The van der Waals surface area contributed by atoms with Gasteiger partial charge in [0.25, 0.3) is 6.16 Å². The van der Waals surface area contributed by atoms with Crippen molar-refractivity contribution < 1.29 is 14.6 Å². The molecule has 0 bridgehead atoms. The number of ether oxygens (including phenoxy) is 1.